The number of halogens is 1. The summed E-state index contributed by atoms with van der Waals surface area (Å²) in [6.07, 6.45) is 0. The van der Waals surface area contributed by atoms with Crippen molar-refractivity contribution in [1.29, 1.82) is 0 Å². The second kappa shape index (κ2) is 7.74. The van der Waals surface area contributed by atoms with E-state index in [2.05, 4.69) is 5.32 Å². The van der Waals surface area contributed by atoms with Gasteiger partial charge in [-0.1, -0.05) is 0 Å². The van der Waals surface area contributed by atoms with Gasteiger partial charge in [-0.05, 0) is 39.1 Å². The molecule has 1 aromatic carbocycles. The molecule has 0 saturated heterocycles. The lowest BCUT2D eigenvalue weighted by Gasteiger charge is -2.19. The van der Waals surface area contributed by atoms with Crippen molar-refractivity contribution in [2.24, 2.45) is 0 Å². The van der Waals surface area contributed by atoms with Crippen molar-refractivity contribution in [3.05, 3.63) is 29.6 Å². The van der Waals surface area contributed by atoms with Crippen LogP contribution in [-0.4, -0.2) is 37.6 Å². The van der Waals surface area contributed by atoms with Crippen LogP contribution in [0.5, 0.6) is 5.75 Å². The minimum atomic E-state index is -0.312. The number of hydrogen-bond donors (Lipinski definition) is 1. The molecule has 106 valence electrons. The fraction of sp³-hybridized carbons (Fsp3) is 0.500. The lowest BCUT2D eigenvalue weighted by Crippen LogP contribution is -2.34. The van der Waals surface area contributed by atoms with Gasteiger partial charge in [-0.3, -0.25) is 4.79 Å². The highest BCUT2D eigenvalue weighted by molar-refractivity contribution is 5.77. The molecule has 0 saturated carbocycles. The van der Waals surface area contributed by atoms with Crippen LogP contribution in [0.1, 0.15) is 19.4 Å². The number of carbonyl (C=O) groups excluding carboxylic acids is 1. The molecular formula is C14H21FN2O2. The molecule has 1 N–H and O–H groups in total. The van der Waals surface area contributed by atoms with Crippen LogP contribution in [0.4, 0.5) is 4.39 Å². The Balaban J connectivity index is 2.69. The van der Waals surface area contributed by atoms with Crippen molar-refractivity contribution in [2.45, 2.75) is 20.4 Å². The molecule has 19 heavy (non-hydrogen) atoms. The van der Waals surface area contributed by atoms with E-state index in [-0.39, 0.29) is 18.3 Å². The lowest BCUT2D eigenvalue weighted by molar-refractivity contribution is -0.132. The Morgan fingerprint density at radius 3 is 2.63 bits per heavy atom. The number of nitrogens with one attached hydrogen (secondary N) is 1. The molecule has 1 rings (SSSR count). The van der Waals surface area contributed by atoms with E-state index in [0.717, 1.165) is 0 Å². The zero-order chi connectivity index (χ0) is 14.3. The number of likely N-dealkylation sites (N-methyl/N-ethyl adjacent to an activating group) is 1. The van der Waals surface area contributed by atoms with Crippen LogP contribution in [0, 0.1) is 5.82 Å². The van der Waals surface area contributed by atoms with Crippen LogP contribution in [0.3, 0.4) is 0 Å². The Hall–Kier alpha value is -1.62. The third kappa shape index (κ3) is 4.52. The summed E-state index contributed by atoms with van der Waals surface area (Å²) in [5, 5.41) is 2.94. The van der Waals surface area contributed by atoms with Crippen molar-refractivity contribution in [1.82, 2.24) is 10.2 Å². The molecule has 0 fully saturated rings. The van der Waals surface area contributed by atoms with Gasteiger partial charge >= 0.3 is 0 Å². The van der Waals surface area contributed by atoms with Crippen LogP contribution in [-0.2, 0) is 11.3 Å². The van der Waals surface area contributed by atoms with Gasteiger partial charge in [0.25, 0.3) is 5.91 Å². The molecule has 0 heterocycles. The van der Waals surface area contributed by atoms with E-state index in [0.29, 0.717) is 30.9 Å². The van der Waals surface area contributed by atoms with Crippen molar-refractivity contribution in [3.63, 3.8) is 0 Å². The summed E-state index contributed by atoms with van der Waals surface area (Å²) in [6.45, 7) is 5.63. The van der Waals surface area contributed by atoms with Gasteiger partial charge in [0, 0.05) is 25.2 Å². The zero-order valence-electron chi connectivity index (χ0n) is 11.7. The van der Waals surface area contributed by atoms with Crippen molar-refractivity contribution in [3.8, 4) is 5.75 Å². The predicted molar refractivity (Wildman–Crippen MR) is 72.6 cm³/mol. The summed E-state index contributed by atoms with van der Waals surface area (Å²) < 4.78 is 18.6. The Bertz CT molecular complexity index is 420. The van der Waals surface area contributed by atoms with Gasteiger partial charge in [0.1, 0.15) is 11.6 Å². The summed E-state index contributed by atoms with van der Waals surface area (Å²) in [4.78, 5) is 13.5. The highest BCUT2D eigenvalue weighted by atomic mass is 19.1. The number of carbonyl (C=O) groups is 1. The van der Waals surface area contributed by atoms with E-state index >= 15 is 0 Å². The number of benzene rings is 1. The van der Waals surface area contributed by atoms with Crippen LogP contribution in [0.25, 0.3) is 0 Å². The average molecular weight is 268 g/mol. The molecule has 0 aliphatic carbocycles. The topological polar surface area (TPSA) is 41.6 Å². The smallest absolute Gasteiger partial charge is 0.260 e. The maximum absolute atomic E-state index is 13.1. The van der Waals surface area contributed by atoms with E-state index in [1.807, 2.05) is 13.8 Å². The summed E-state index contributed by atoms with van der Waals surface area (Å²) in [5.41, 5.74) is 0.704. The minimum Gasteiger partial charge on any atom is -0.483 e. The van der Waals surface area contributed by atoms with E-state index in [1.165, 1.54) is 12.1 Å². The molecule has 0 bridgehead atoms. The van der Waals surface area contributed by atoms with Gasteiger partial charge in [0.05, 0.1) is 0 Å². The van der Waals surface area contributed by atoms with Crippen molar-refractivity contribution >= 4 is 5.91 Å². The first-order valence-corrected chi connectivity index (χ1v) is 6.45. The van der Waals surface area contributed by atoms with Crippen molar-refractivity contribution < 1.29 is 13.9 Å². The number of nitrogens with zero attached hydrogens (tertiary/aromatic N) is 1. The quantitative estimate of drug-likeness (QED) is 0.820. The summed E-state index contributed by atoms with van der Waals surface area (Å²) in [6, 6.07) is 4.29. The third-order valence-corrected chi connectivity index (χ3v) is 2.86. The molecule has 0 aliphatic heterocycles. The first-order valence-electron chi connectivity index (χ1n) is 6.45. The van der Waals surface area contributed by atoms with Crippen LogP contribution < -0.4 is 10.1 Å². The average Bonchev–Trinajstić information content (AvgIpc) is 2.39. The van der Waals surface area contributed by atoms with Crippen LogP contribution >= 0.6 is 0 Å². The molecule has 4 nitrogen and oxygen atoms in total. The lowest BCUT2D eigenvalue weighted by atomic mass is 10.2. The Kier molecular flexibility index (Phi) is 6.29. The van der Waals surface area contributed by atoms with Gasteiger partial charge in [-0.15, -0.1) is 0 Å². The Morgan fingerprint density at radius 1 is 1.37 bits per heavy atom. The molecule has 5 heteroatoms. The molecule has 1 amide bonds. The highest BCUT2D eigenvalue weighted by Crippen LogP contribution is 2.19. The summed E-state index contributed by atoms with van der Waals surface area (Å²) >= 11 is 0. The van der Waals surface area contributed by atoms with E-state index in [1.54, 1.807) is 18.0 Å². The normalized spacial score (nSPS) is 10.3. The van der Waals surface area contributed by atoms with E-state index in [4.69, 9.17) is 4.74 Å². The maximum Gasteiger partial charge on any atom is 0.260 e. The maximum atomic E-state index is 13.1. The van der Waals surface area contributed by atoms with Crippen LogP contribution in [0.2, 0.25) is 0 Å². The summed E-state index contributed by atoms with van der Waals surface area (Å²) in [5.74, 6) is 0.161. The second-order valence-electron chi connectivity index (χ2n) is 4.14. The standard InChI is InChI=1S/C14H21FN2O2/c1-4-17(5-2)14(18)10-19-13-7-6-12(15)8-11(13)9-16-3/h6-8,16H,4-5,9-10H2,1-3H3. The molecular weight excluding hydrogens is 247 g/mol. The number of rotatable bonds is 7. The molecule has 0 atom stereocenters. The largest absolute Gasteiger partial charge is 0.483 e. The monoisotopic (exact) mass is 268 g/mol. The SMILES string of the molecule is CCN(CC)C(=O)COc1ccc(F)cc1CNC. The van der Waals surface area contributed by atoms with Gasteiger partial charge in [-0.2, -0.15) is 0 Å². The first-order chi connectivity index (χ1) is 9.12. The van der Waals surface area contributed by atoms with Crippen molar-refractivity contribution in [2.75, 3.05) is 26.7 Å². The molecule has 0 aliphatic rings. The number of hydrogen-bond acceptors (Lipinski definition) is 3. The Labute approximate surface area is 113 Å². The number of ether oxygens (including phenoxy) is 1. The zero-order valence-corrected chi connectivity index (χ0v) is 11.7. The Morgan fingerprint density at radius 2 is 2.05 bits per heavy atom. The van der Waals surface area contributed by atoms with Gasteiger partial charge in [-0.25, -0.2) is 4.39 Å². The first kappa shape index (κ1) is 15.4. The fourth-order valence-electron chi connectivity index (χ4n) is 1.82. The highest BCUT2D eigenvalue weighted by Gasteiger charge is 2.12. The molecule has 0 spiro atoms. The molecule has 0 unspecified atom stereocenters. The molecule has 1 aromatic rings. The third-order valence-electron chi connectivity index (χ3n) is 2.86. The molecule has 0 radical (unpaired) electrons. The fourth-order valence-corrected chi connectivity index (χ4v) is 1.82. The minimum absolute atomic E-state index is 0.0238. The second-order valence-corrected chi connectivity index (χ2v) is 4.14. The van der Waals surface area contributed by atoms with E-state index < -0.39 is 0 Å². The number of amides is 1. The van der Waals surface area contributed by atoms with Crippen LogP contribution in [0.15, 0.2) is 18.2 Å². The van der Waals surface area contributed by atoms with E-state index in [9.17, 15) is 9.18 Å². The van der Waals surface area contributed by atoms with Gasteiger partial charge in [0.15, 0.2) is 6.61 Å². The van der Waals surface area contributed by atoms with Gasteiger partial charge in [0.2, 0.25) is 0 Å². The van der Waals surface area contributed by atoms with Gasteiger partial charge < -0.3 is 15.0 Å². The molecule has 0 aromatic heterocycles. The predicted octanol–water partition coefficient (Wildman–Crippen LogP) is 1.79. The summed E-state index contributed by atoms with van der Waals surface area (Å²) in [7, 11) is 1.77.